The molecule has 0 amide bonds. The van der Waals surface area contributed by atoms with Gasteiger partial charge in [-0.15, -0.1) is 0 Å². The van der Waals surface area contributed by atoms with E-state index >= 15 is 0 Å². The van der Waals surface area contributed by atoms with Crippen molar-refractivity contribution in [2.75, 3.05) is 32.7 Å². The summed E-state index contributed by atoms with van der Waals surface area (Å²) in [7, 11) is 0. The van der Waals surface area contributed by atoms with E-state index in [2.05, 4.69) is 59.7 Å². The molecule has 1 heterocycles. The highest BCUT2D eigenvalue weighted by Crippen LogP contribution is 2.40. The molecule has 0 spiro atoms. The molecule has 1 saturated carbocycles. The molecule has 1 aromatic carbocycles. The Bertz CT molecular complexity index is 423. The lowest BCUT2D eigenvalue weighted by Crippen LogP contribution is -2.57. The van der Waals surface area contributed by atoms with E-state index in [9.17, 15) is 0 Å². The van der Waals surface area contributed by atoms with Crippen LogP contribution in [0.2, 0.25) is 0 Å². The monoisotopic (exact) mass is 273 g/mol. The van der Waals surface area contributed by atoms with Crippen molar-refractivity contribution < 1.29 is 0 Å². The minimum atomic E-state index is 0.256. The predicted molar refractivity (Wildman–Crippen MR) is 84.1 cm³/mol. The second-order valence-electron chi connectivity index (χ2n) is 6.79. The molecule has 0 radical (unpaired) electrons. The number of nitrogens with one attached hydrogen (secondary N) is 2. The lowest BCUT2D eigenvalue weighted by molar-refractivity contribution is 0.102. The van der Waals surface area contributed by atoms with E-state index in [1.54, 1.807) is 0 Å². The normalized spacial score (nSPS) is 27.5. The molecule has 2 N–H and O–H groups in total. The Balaban J connectivity index is 1.48. The molecule has 3 nitrogen and oxygen atoms in total. The summed E-state index contributed by atoms with van der Waals surface area (Å²) in [4.78, 5) is 2.61. The minimum absolute atomic E-state index is 0.256. The number of piperazine rings is 1. The largest absolute Gasteiger partial charge is 0.314 e. The summed E-state index contributed by atoms with van der Waals surface area (Å²) in [5, 5.41) is 7.21. The van der Waals surface area contributed by atoms with Gasteiger partial charge in [-0.3, -0.25) is 4.90 Å². The fourth-order valence-electron chi connectivity index (χ4n) is 3.25. The van der Waals surface area contributed by atoms with E-state index in [0.29, 0.717) is 6.04 Å². The van der Waals surface area contributed by atoms with Crippen LogP contribution >= 0.6 is 0 Å². The molecule has 1 aliphatic heterocycles. The molecule has 0 aromatic heterocycles. The SMILES string of the molecule is CC(C)(CNC1CC1c1ccccc1)N1CCNCC1. The number of hydrogen-bond donors (Lipinski definition) is 2. The average molecular weight is 273 g/mol. The van der Waals surface area contributed by atoms with Gasteiger partial charge in [-0.05, 0) is 25.8 Å². The summed E-state index contributed by atoms with van der Waals surface area (Å²) in [5.74, 6) is 0.732. The van der Waals surface area contributed by atoms with Crippen molar-refractivity contribution in [3.05, 3.63) is 35.9 Å². The molecular weight excluding hydrogens is 246 g/mol. The van der Waals surface area contributed by atoms with E-state index in [-0.39, 0.29) is 5.54 Å². The van der Waals surface area contributed by atoms with E-state index in [0.717, 1.165) is 25.6 Å². The first kappa shape index (κ1) is 14.1. The third-order valence-electron chi connectivity index (χ3n) is 4.79. The topological polar surface area (TPSA) is 27.3 Å². The first-order chi connectivity index (χ1) is 9.67. The predicted octanol–water partition coefficient (Wildman–Crippen LogP) is 1.82. The molecule has 2 fully saturated rings. The smallest absolute Gasteiger partial charge is 0.0278 e. The molecule has 2 unspecified atom stereocenters. The Morgan fingerprint density at radius 1 is 1.20 bits per heavy atom. The Hall–Kier alpha value is -0.900. The maximum absolute atomic E-state index is 3.78. The van der Waals surface area contributed by atoms with Crippen LogP contribution in [-0.2, 0) is 0 Å². The molecule has 1 saturated heterocycles. The Morgan fingerprint density at radius 2 is 1.90 bits per heavy atom. The molecule has 20 heavy (non-hydrogen) atoms. The second kappa shape index (κ2) is 5.84. The molecule has 1 aliphatic carbocycles. The van der Waals surface area contributed by atoms with Crippen LogP contribution in [0.1, 0.15) is 31.7 Å². The molecule has 3 heteroatoms. The summed E-state index contributed by atoms with van der Waals surface area (Å²) in [5.41, 5.74) is 1.75. The van der Waals surface area contributed by atoms with Gasteiger partial charge in [-0.25, -0.2) is 0 Å². The first-order valence-electron chi connectivity index (χ1n) is 7.91. The highest BCUT2D eigenvalue weighted by molar-refractivity contribution is 5.27. The van der Waals surface area contributed by atoms with Crippen LogP contribution in [0.4, 0.5) is 0 Å². The molecule has 110 valence electrons. The Kier molecular flexibility index (Phi) is 4.11. The summed E-state index contributed by atoms with van der Waals surface area (Å²) in [6.07, 6.45) is 1.29. The van der Waals surface area contributed by atoms with Crippen LogP contribution in [0.25, 0.3) is 0 Å². The highest BCUT2D eigenvalue weighted by Gasteiger charge is 2.39. The van der Waals surface area contributed by atoms with Crippen molar-refractivity contribution in [3.63, 3.8) is 0 Å². The number of hydrogen-bond acceptors (Lipinski definition) is 3. The maximum Gasteiger partial charge on any atom is 0.0278 e. The van der Waals surface area contributed by atoms with Gasteiger partial charge in [0.25, 0.3) is 0 Å². The van der Waals surface area contributed by atoms with Crippen molar-refractivity contribution in [3.8, 4) is 0 Å². The van der Waals surface area contributed by atoms with Crippen LogP contribution in [0, 0.1) is 0 Å². The zero-order chi connectivity index (χ0) is 14.0. The summed E-state index contributed by atoms with van der Waals surface area (Å²) < 4.78 is 0. The summed E-state index contributed by atoms with van der Waals surface area (Å²) in [6.45, 7) is 10.4. The first-order valence-corrected chi connectivity index (χ1v) is 7.91. The van der Waals surface area contributed by atoms with Crippen molar-refractivity contribution in [1.82, 2.24) is 15.5 Å². The van der Waals surface area contributed by atoms with Crippen molar-refractivity contribution in [1.29, 1.82) is 0 Å². The lowest BCUT2D eigenvalue weighted by Gasteiger charge is -2.41. The number of benzene rings is 1. The summed E-state index contributed by atoms with van der Waals surface area (Å²) >= 11 is 0. The van der Waals surface area contributed by atoms with Gasteiger partial charge >= 0.3 is 0 Å². The van der Waals surface area contributed by atoms with E-state index in [1.165, 1.54) is 25.1 Å². The van der Waals surface area contributed by atoms with Crippen molar-refractivity contribution in [2.45, 2.75) is 37.8 Å². The van der Waals surface area contributed by atoms with Gasteiger partial charge in [-0.1, -0.05) is 30.3 Å². The van der Waals surface area contributed by atoms with Gasteiger partial charge in [0.1, 0.15) is 0 Å². The van der Waals surface area contributed by atoms with Gasteiger partial charge in [0.05, 0.1) is 0 Å². The van der Waals surface area contributed by atoms with Crippen molar-refractivity contribution >= 4 is 0 Å². The summed E-state index contributed by atoms with van der Waals surface area (Å²) in [6, 6.07) is 11.6. The highest BCUT2D eigenvalue weighted by atomic mass is 15.3. The average Bonchev–Trinajstić information content (AvgIpc) is 3.27. The van der Waals surface area contributed by atoms with Crippen LogP contribution in [0.3, 0.4) is 0 Å². The van der Waals surface area contributed by atoms with E-state index in [1.807, 2.05) is 0 Å². The third-order valence-corrected chi connectivity index (χ3v) is 4.79. The lowest BCUT2D eigenvalue weighted by atomic mass is 10.0. The quantitative estimate of drug-likeness (QED) is 0.857. The molecule has 0 bridgehead atoms. The standard InChI is InChI=1S/C17H27N3/c1-17(2,20-10-8-18-9-11-20)13-19-16-12-15(16)14-6-4-3-5-7-14/h3-7,15-16,18-19H,8-13H2,1-2H3. The van der Waals surface area contributed by atoms with Gasteiger partial charge in [0, 0.05) is 50.2 Å². The number of nitrogens with zero attached hydrogens (tertiary/aromatic N) is 1. The van der Waals surface area contributed by atoms with Crippen molar-refractivity contribution in [2.24, 2.45) is 0 Å². The van der Waals surface area contributed by atoms with Crippen LogP contribution in [0.15, 0.2) is 30.3 Å². The fraction of sp³-hybridized carbons (Fsp3) is 0.647. The zero-order valence-electron chi connectivity index (χ0n) is 12.7. The molecule has 1 aromatic rings. The van der Waals surface area contributed by atoms with Gasteiger partial charge in [-0.2, -0.15) is 0 Å². The van der Waals surface area contributed by atoms with Crippen LogP contribution in [-0.4, -0.2) is 49.2 Å². The molecule has 3 rings (SSSR count). The molecule has 2 atom stereocenters. The number of rotatable bonds is 5. The molecule has 2 aliphatic rings. The van der Waals surface area contributed by atoms with Gasteiger partial charge in [0.2, 0.25) is 0 Å². The van der Waals surface area contributed by atoms with Gasteiger partial charge < -0.3 is 10.6 Å². The van der Waals surface area contributed by atoms with Gasteiger partial charge in [0.15, 0.2) is 0 Å². The Labute approximate surface area is 122 Å². The van der Waals surface area contributed by atoms with Crippen LogP contribution < -0.4 is 10.6 Å². The zero-order valence-corrected chi connectivity index (χ0v) is 12.7. The minimum Gasteiger partial charge on any atom is -0.314 e. The second-order valence-corrected chi connectivity index (χ2v) is 6.79. The fourth-order valence-corrected chi connectivity index (χ4v) is 3.25. The maximum atomic E-state index is 3.78. The van der Waals surface area contributed by atoms with E-state index < -0.39 is 0 Å². The van der Waals surface area contributed by atoms with E-state index in [4.69, 9.17) is 0 Å². The third kappa shape index (κ3) is 3.22. The van der Waals surface area contributed by atoms with Crippen LogP contribution in [0.5, 0.6) is 0 Å². The Morgan fingerprint density at radius 3 is 2.60 bits per heavy atom. The molecular formula is C17H27N3.